The fourth-order valence-electron chi connectivity index (χ4n) is 3.08. The number of carbonyl (C=O) groups excluding carboxylic acids is 1. The van der Waals surface area contributed by atoms with Crippen molar-refractivity contribution in [1.29, 1.82) is 0 Å². The molecule has 1 aromatic heterocycles. The predicted octanol–water partition coefficient (Wildman–Crippen LogP) is -0.196. The average molecular weight is 425 g/mol. The van der Waals surface area contributed by atoms with E-state index < -0.39 is 37.1 Å². The largest absolute Gasteiger partial charge is 0.507 e. The van der Waals surface area contributed by atoms with Gasteiger partial charge in [0.1, 0.15) is 48.6 Å². The molecule has 1 aliphatic heterocycles. The molecule has 5 atom stereocenters. The van der Waals surface area contributed by atoms with Gasteiger partial charge in [-0.2, -0.15) is 0 Å². The maximum atomic E-state index is 12.4. The van der Waals surface area contributed by atoms with Gasteiger partial charge in [-0.05, 0) is 19.1 Å². The molecule has 2 heterocycles. The van der Waals surface area contributed by atoms with Gasteiger partial charge in [-0.1, -0.05) is 0 Å². The van der Waals surface area contributed by atoms with Gasteiger partial charge in [0.15, 0.2) is 5.78 Å². The molecule has 10 heteroatoms. The van der Waals surface area contributed by atoms with Gasteiger partial charge in [0.05, 0.1) is 29.3 Å². The zero-order valence-corrected chi connectivity index (χ0v) is 16.5. The van der Waals surface area contributed by atoms with Crippen molar-refractivity contribution in [2.45, 2.75) is 43.9 Å². The van der Waals surface area contributed by atoms with Gasteiger partial charge < -0.3 is 35.0 Å². The third-order valence-electron chi connectivity index (χ3n) is 4.68. The number of aromatic nitrogens is 1. The Balaban J connectivity index is 1.62. The van der Waals surface area contributed by atoms with Crippen LogP contribution in [0.4, 0.5) is 0 Å². The number of phenolic OH excluding ortho intramolecular Hbond substituents is 1. The van der Waals surface area contributed by atoms with E-state index in [1.165, 1.54) is 29.5 Å². The topological polar surface area (TPSA) is 150 Å². The lowest BCUT2D eigenvalue weighted by atomic mass is 9.95. The van der Waals surface area contributed by atoms with E-state index in [0.717, 1.165) is 5.01 Å². The molecule has 158 valence electrons. The summed E-state index contributed by atoms with van der Waals surface area (Å²) in [5.74, 6) is -0.318. The first-order valence-corrected chi connectivity index (χ1v) is 9.88. The van der Waals surface area contributed by atoms with Crippen molar-refractivity contribution in [3.05, 3.63) is 39.8 Å². The zero-order valence-electron chi connectivity index (χ0n) is 15.6. The highest BCUT2D eigenvalue weighted by Gasteiger charge is 2.43. The highest BCUT2D eigenvalue weighted by molar-refractivity contribution is 7.09. The Morgan fingerprint density at radius 1 is 1.21 bits per heavy atom. The molecule has 0 radical (unpaired) electrons. The molecule has 9 nitrogen and oxygen atoms in total. The SMILES string of the molecule is Cc1nc(CC(=O)c2ccc(OC[C@@H]3O[C@H](CO)[C@@H](O)[C@H](O)[C@@H]3O)cc2O)cs1. The molecule has 29 heavy (non-hydrogen) atoms. The molecule has 2 aromatic rings. The summed E-state index contributed by atoms with van der Waals surface area (Å²) in [4.78, 5) is 16.6. The second kappa shape index (κ2) is 9.16. The van der Waals surface area contributed by atoms with E-state index in [-0.39, 0.29) is 35.9 Å². The Morgan fingerprint density at radius 2 is 1.93 bits per heavy atom. The lowest BCUT2D eigenvalue weighted by Crippen LogP contribution is -2.59. The molecule has 0 saturated carbocycles. The number of carbonyl (C=O) groups is 1. The number of phenols is 1. The fraction of sp³-hybridized carbons (Fsp3) is 0.474. The minimum atomic E-state index is -1.49. The van der Waals surface area contributed by atoms with Crippen LogP contribution < -0.4 is 4.74 Å². The maximum Gasteiger partial charge on any atom is 0.172 e. The highest BCUT2D eigenvalue weighted by atomic mass is 32.1. The molecular weight excluding hydrogens is 402 g/mol. The molecular formula is C19H23NO8S. The number of aromatic hydroxyl groups is 1. The number of hydrogen-bond donors (Lipinski definition) is 5. The van der Waals surface area contributed by atoms with Gasteiger partial charge in [-0.3, -0.25) is 4.79 Å². The Hall–Kier alpha value is -2.08. The molecule has 0 bridgehead atoms. The van der Waals surface area contributed by atoms with E-state index in [9.17, 15) is 30.3 Å². The number of aliphatic hydroxyl groups is 4. The van der Waals surface area contributed by atoms with Crippen molar-refractivity contribution in [3.63, 3.8) is 0 Å². The molecule has 5 N–H and O–H groups in total. The average Bonchev–Trinajstić information content (AvgIpc) is 3.10. The summed E-state index contributed by atoms with van der Waals surface area (Å²) in [5, 5.41) is 51.6. The van der Waals surface area contributed by atoms with Crippen LogP contribution in [0.5, 0.6) is 11.5 Å². The first-order chi connectivity index (χ1) is 13.8. The second-order valence-electron chi connectivity index (χ2n) is 6.82. The number of Topliss-reactive ketones (excluding diaryl/α,β-unsaturated/α-hetero) is 1. The van der Waals surface area contributed by atoms with Gasteiger partial charge in [-0.25, -0.2) is 4.98 Å². The molecule has 1 saturated heterocycles. The molecule has 3 rings (SSSR count). The number of benzene rings is 1. The number of aryl methyl sites for hydroxylation is 1. The van der Waals surface area contributed by atoms with E-state index in [0.29, 0.717) is 5.69 Å². The number of thiazole rings is 1. The van der Waals surface area contributed by atoms with Crippen LogP contribution in [0.1, 0.15) is 21.1 Å². The van der Waals surface area contributed by atoms with Gasteiger partial charge in [0.25, 0.3) is 0 Å². The molecule has 1 aromatic carbocycles. The summed E-state index contributed by atoms with van der Waals surface area (Å²) in [6, 6.07) is 4.19. The molecule has 1 fully saturated rings. The molecule has 1 aliphatic rings. The monoisotopic (exact) mass is 425 g/mol. The van der Waals surface area contributed by atoms with Crippen LogP contribution in [0, 0.1) is 6.92 Å². The van der Waals surface area contributed by atoms with E-state index in [1.807, 2.05) is 6.92 Å². The van der Waals surface area contributed by atoms with Gasteiger partial charge >= 0.3 is 0 Å². The number of hydrogen-bond acceptors (Lipinski definition) is 10. The molecule has 0 aliphatic carbocycles. The quantitative estimate of drug-likeness (QED) is 0.380. The van der Waals surface area contributed by atoms with E-state index in [2.05, 4.69) is 4.98 Å². The Morgan fingerprint density at radius 3 is 2.55 bits per heavy atom. The zero-order chi connectivity index (χ0) is 21.1. The highest BCUT2D eigenvalue weighted by Crippen LogP contribution is 2.27. The summed E-state index contributed by atoms with van der Waals surface area (Å²) < 4.78 is 10.8. The van der Waals surface area contributed by atoms with Crippen LogP contribution in [0.25, 0.3) is 0 Å². The van der Waals surface area contributed by atoms with Crippen molar-refractivity contribution in [3.8, 4) is 11.5 Å². The first-order valence-electron chi connectivity index (χ1n) is 9.00. The number of ether oxygens (including phenoxy) is 2. The summed E-state index contributed by atoms with van der Waals surface area (Å²) in [6.07, 6.45) is -6.29. The van der Waals surface area contributed by atoms with Crippen LogP contribution in [-0.2, 0) is 11.2 Å². The van der Waals surface area contributed by atoms with Crippen LogP contribution in [0.2, 0.25) is 0 Å². The fourth-order valence-corrected chi connectivity index (χ4v) is 3.69. The van der Waals surface area contributed by atoms with E-state index in [1.54, 1.807) is 5.38 Å². The third kappa shape index (κ3) is 4.92. The van der Waals surface area contributed by atoms with Crippen molar-refractivity contribution in [2.24, 2.45) is 0 Å². The predicted molar refractivity (Wildman–Crippen MR) is 102 cm³/mol. The number of ketones is 1. The van der Waals surface area contributed by atoms with E-state index in [4.69, 9.17) is 9.47 Å². The Bertz CT molecular complexity index is 854. The van der Waals surface area contributed by atoms with Gasteiger partial charge in [0, 0.05) is 11.4 Å². The molecule has 0 spiro atoms. The maximum absolute atomic E-state index is 12.4. The molecule has 0 unspecified atom stereocenters. The van der Waals surface area contributed by atoms with Crippen molar-refractivity contribution in [2.75, 3.05) is 13.2 Å². The molecule has 0 amide bonds. The summed E-state index contributed by atoms with van der Waals surface area (Å²) in [6.45, 7) is 1.11. The van der Waals surface area contributed by atoms with Crippen molar-refractivity contribution >= 4 is 17.1 Å². The minimum absolute atomic E-state index is 0.0724. The lowest BCUT2D eigenvalue weighted by molar-refractivity contribution is -0.234. The Kier molecular flexibility index (Phi) is 6.83. The summed E-state index contributed by atoms with van der Waals surface area (Å²) >= 11 is 1.44. The third-order valence-corrected chi connectivity index (χ3v) is 5.51. The lowest BCUT2D eigenvalue weighted by Gasteiger charge is -2.39. The van der Waals surface area contributed by atoms with Crippen LogP contribution in [-0.4, -0.2) is 80.0 Å². The number of nitrogens with zero attached hydrogens (tertiary/aromatic N) is 1. The summed E-state index contributed by atoms with van der Waals surface area (Å²) in [5.41, 5.74) is 0.774. The second-order valence-corrected chi connectivity index (χ2v) is 7.88. The Labute approximate surface area is 170 Å². The van der Waals surface area contributed by atoms with Gasteiger partial charge in [0.2, 0.25) is 0 Å². The first kappa shape index (κ1) is 21.6. The van der Waals surface area contributed by atoms with Crippen LogP contribution in [0.15, 0.2) is 23.6 Å². The normalized spacial score (nSPS) is 27.0. The van der Waals surface area contributed by atoms with E-state index >= 15 is 0 Å². The van der Waals surface area contributed by atoms with Crippen molar-refractivity contribution in [1.82, 2.24) is 4.98 Å². The number of aliphatic hydroxyl groups excluding tert-OH is 4. The summed E-state index contributed by atoms with van der Waals surface area (Å²) in [7, 11) is 0. The van der Waals surface area contributed by atoms with Crippen LogP contribution in [0.3, 0.4) is 0 Å². The van der Waals surface area contributed by atoms with Gasteiger partial charge in [-0.15, -0.1) is 11.3 Å². The van der Waals surface area contributed by atoms with Crippen molar-refractivity contribution < 1.29 is 39.8 Å². The smallest absolute Gasteiger partial charge is 0.172 e. The standard InChI is InChI=1S/C19H23NO8S/c1-9-20-10(8-29-9)4-13(22)12-3-2-11(5-14(12)23)27-7-16-18(25)19(26)17(24)15(6-21)28-16/h2-3,5,8,15-19,21,23-26H,4,6-7H2,1H3/t15-,16+,17-,18-,19+/m1/s1. The van der Waals surface area contributed by atoms with Crippen LogP contribution >= 0.6 is 11.3 Å². The minimum Gasteiger partial charge on any atom is -0.507 e. The number of rotatable bonds is 7.